The van der Waals surface area contributed by atoms with Crippen molar-refractivity contribution in [3.63, 3.8) is 0 Å². The van der Waals surface area contributed by atoms with E-state index >= 15 is 0 Å². The fraction of sp³-hybridized carbons (Fsp3) is 0.240. The smallest absolute Gasteiger partial charge is 0.174 e. The number of rotatable bonds is 8. The normalized spacial score (nSPS) is 11.0. The van der Waals surface area contributed by atoms with E-state index in [-0.39, 0.29) is 30.5 Å². The van der Waals surface area contributed by atoms with Crippen molar-refractivity contribution in [3.05, 3.63) is 91.6 Å². The number of ether oxygens (including phenoxy) is 1. The summed E-state index contributed by atoms with van der Waals surface area (Å²) < 4.78 is 20.6. The van der Waals surface area contributed by atoms with Gasteiger partial charge >= 0.3 is 0 Å². The summed E-state index contributed by atoms with van der Waals surface area (Å²) in [7, 11) is 0. The topological polar surface area (TPSA) is 46.5 Å². The molecule has 0 aliphatic rings. The van der Waals surface area contributed by atoms with Crippen LogP contribution in [0.4, 0.5) is 4.39 Å². The zero-order valence-electron chi connectivity index (χ0n) is 17.3. The first-order chi connectivity index (χ1) is 14.7. The van der Waals surface area contributed by atoms with Gasteiger partial charge < -0.3 is 9.84 Å². The standard InChI is InChI=1S/C25H23Br2FO3/c1-15(2)21-10-17(6-7-25(21)30)11-22-23(26)12-20(13-24(22)27)31-14-19(29)9-16-4-3-5-18(28)8-16/h3-8,10,12-13,15,30H,9,11,14H2,1-2H3. The molecule has 0 heterocycles. The molecule has 0 atom stereocenters. The zero-order valence-corrected chi connectivity index (χ0v) is 20.5. The average molecular weight is 550 g/mol. The number of hydrogen-bond acceptors (Lipinski definition) is 3. The second kappa shape index (κ2) is 10.4. The molecule has 31 heavy (non-hydrogen) atoms. The van der Waals surface area contributed by atoms with Gasteiger partial charge in [-0.3, -0.25) is 4.79 Å². The molecular formula is C25H23Br2FO3. The Hall–Kier alpha value is -2.18. The van der Waals surface area contributed by atoms with Crippen molar-refractivity contribution < 1.29 is 19.0 Å². The van der Waals surface area contributed by atoms with Crippen molar-refractivity contribution >= 4 is 37.6 Å². The maximum atomic E-state index is 13.3. The first-order valence-corrected chi connectivity index (χ1v) is 11.5. The largest absolute Gasteiger partial charge is 0.508 e. The van der Waals surface area contributed by atoms with Gasteiger partial charge in [0.15, 0.2) is 5.78 Å². The molecule has 162 valence electrons. The number of benzene rings is 3. The summed E-state index contributed by atoms with van der Waals surface area (Å²) in [6.07, 6.45) is 0.789. The van der Waals surface area contributed by atoms with Crippen molar-refractivity contribution in [1.82, 2.24) is 0 Å². The molecule has 3 aromatic carbocycles. The molecule has 0 radical (unpaired) electrons. The van der Waals surface area contributed by atoms with Crippen LogP contribution in [0.2, 0.25) is 0 Å². The highest BCUT2D eigenvalue weighted by molar-refractivity contribution is 9.11. The number of phenols is 1. The van der Waals surface area contributed by atoms with Crippen molar-refractivity contribution in [2.24, 2.45) is 0 Å². The third-order valence-electron chi connectivity index (χ3n) is 4.90. The number of halogens is 3. The van der Waals surface area contributed by atoms with Gasteiger partial charge in [-0.25, -0.2) is 4.39 Å². The summed E-state index contributed by atoms with van der Waals surface area (Å²) in [6, 6.07) is 15.3. The molecule has 1 N–H and O–H groups in total. The van der Waals surface area contributed by atoms with Crippen LogP contribution < -0.4 is 4.74 Å². The van der Waals surface area contributed by atoms with Crippen molar-refractivity contribution in [1.29, 1.82) is 0 Å². The molecule has 0 aromatic heterocycles. The fourth-order valence-electron chi connectivity index (χ4n) is 3.30. The minimum absolute atomic E-state index is 0.0928. The molecule has 0 aliphatic heterocycles. The molecule has 0 spiro atoms. The monoisotopic (exact) mass is 548 g/mol. The molecule has 3 aromatic rings. The van der Waals surface area contributed by atoms with Gasteiger partial charge in [0.25, 0.3) is 0 Å². The summed E-state index contributed by atoms with van der Waals surface area (Å²) in [5.74, 6) is 0.607. The van der Waals surface area contributed by atoms with E-state index < -0.39 is 0 Å². The van der Waals surface area contributed by atoms with Gasteiger partial charge in [-0.2, -0.15) is 0 Å². The number of Topliss-reactive ketones (excluding diaryl/α,β-unsaturated/α-hetero) is 1. The van der Waals surface area contributed by atoms with Crippen molar-refractivity contribution in [2.75, 3.05) is 6.61 Å². The molecule has 0 unspecified atom stereocenters. The van der Waals surface area contributed by atoms with E-state index in [9.17, 15) is 14.3 Å². The highest BCUT2D eigenvalue weighted by Gasteiger charge is 2.13. The van der Waals surface area contributed by atoms with Gasteiger partial charge in [-0.05, 0) is 64.9 Å². The molecule has 0 bridgehead atoms. The summed E-state index contributed by atoms with van der Waals surface area (Å²) >= 11 is 7.20. The molecule has 3 rings (SSSR count). The molecule has 0 aliphatic carbocycles. The third kappa shape index (κ3) is 6.40. The first-order valence-electron chi connectivity index (χ1n) is 9.91. The Morgan fingerprint density at radius 1 is 1.03 bits per heavy atom. The summed E-state index contributed by atoms with van der Waals surface area (Å²) in [4.78, 5) is 12.2. The number of aromatic hydroxyl groups is 1. The Morgan fingerprint density at radius 3 is 2.39 bits per heavy atom. The van der Waals surface area contributed by atoms with Crippen LogP contribution >= 0.6 is 31.9 Å². The van der Waals surface area contributed by atoms with Crippen molar-refractivity contribution in [3.8, 4) is 11.5 Å². The van der Waals surface area contributed by atoms with Crippen molar-refractivity contribution in [2.45, 2.75) is 32.6 Å². The molecule has 0 saturated heterocycles. The van der Waals surface area contributed by atoms with E-state index in [1.807, 2.05) is 38.1 Å². The van der Waals surface area contributed by atoms with Gasteiger partial charge in [0, 0.05) is 15.4 Å². The first kappa shape index (κ1) is 23.5. The summed E-state index contributed by atoms with van der Waals surface area (Å²) in [5, 5.41) is 10.0. The maximum absolute atomic E-state index is 13.3. The van der Waals surface area contributed by atoms with Crippen LogP contribution in [0.15, 0.2) is 63.5 Å². The van der Waals surface area contributed by atoms with Crippen LogP contribution in [0.1, 0.15) is 42.0 Å². The lowest BCUT2D eigenvalue weighted by Gasteiger charge is -2.14. The minimum Gasteiger partial charge on any atom is -0.508 e. The Morgan fingerprint density at radius 2 is 1.74 bits per heavy atom. The molecule has 6 heteroatoms. The second-order valence-electron chi connectivity index (χ2n) is 7.72. The lowest BCUT2D eigenvalue weighted by atomic mass is 9.96. The van der Waals surface area contributed by atoms with Gasteiger partial charge in [0.05, 0.1) is 0 Å². The highest BCUT2D eigenvalue weighted by Crippen LogP contribution is 2.34. The zero-order chi connectivity index (χ0) is 22.5. The van der Waals surface area contributed by atoms with E-state index in [0.29, 0.717) is 23.5 Å². The van der Waals surface area contributed by atoms with Crippen LogP contribution in [-0.4, -0.2) is 17.5 Å². The van der Waals surface area contributed by atoms with Crippen LogP contribution in [0.25, 0.3) is 0 Å². The molecule has 0 saturated carbocycles. The maximum Gasteiger partial charge on any atom is 0.174 e. The molecule has 0 fully saturated rings. The minimum atomic E-state index is -0.358. The summed E-state index contributed by atoms with van der Waals surface area (Å²) in [5.41, 5.74) is 3.67. The number of hydrogen-bond donors (Lipinski definition) is 1. The number of carbonyl (C=O) groups excluding carboxylic acids is 1. The van der Waals surface area contributed by atoms with E-state index in [1.165, 1.54) is 12.1 Å². The lowest BCUT2D eigenvalue weighted by molar-refractivity contribution is -0.120. The number of ketones is 1. The van der Waals surface area contributed by atoms with Crippen LogP contribution in [-0.2, 0) is 17.6 Å². The molecule has 3 nitrogen and oxygen atoms in total. The SMILES string of the molecule is CC(C)c1cc(Cc2c(Br)cc(OCC(=O)Cc3cccc(F)c3)cc2Br)ccc1O. The quantitative estimate of drug-likeness (QED) is 0.330. The number of phenolic OH excluding ortho intramolecular Hbond substituents is 1. The fourth-order valence-corrected chi connectivity index (χ4v) is 4.73. The van der Waals surface area contributed by atoms with Crippen LogP contribution in [0.5, 0.6) is 11.5 Å². The Bertz CT molecular complexity index is 1070. The van der Waals surface area contributed by atoms with E-state index in [2.05, 4.69) is 31.9 Å². The van der Waals surface area contributed by atoms with Gasteiger partial charge in [-0.1, -0.05) is 70.0 Å². The third-order valence-corrected chi connectivity index (χ3v) is 6.31. The average Bonchev–Trinajstić information content (AvgIpc) is 2.70. The van der Waals surface area contributed by atoms with Crippen LogP contribution in [0, 0.1) is 5.82 Å². The highest BCUT2D eigenvalue weighted by atomic mass is 79.9. The van der Waals surface area contributed by atoms with Gasteiger partial charge in [-0.15, -0.1) is 0 Å². The Balaban J connectivity index is 1.67. The molecular weight excluding hydrogens is 527 g/mol. The number of carbonyl (C=O) groups is 1. The Kier molecular flexibility index (Phi) is 7.89. The second-order valence-corrected chi connectivity index (χ2v) is 9.43. The lowest BCUT2D eigenvalue weighted by Crippen LogP contribution is -2.14. The Labute approximate surface area is 198 Å². The predicted molar refractivity (Wildman–Crippen MR) is 127 cm³/mol. The van der Waals surface area contributed by atoms with E-state index in [0.717, 1.165) is 25.6 Å². The van der Waals surface area contributed by atoms with Gasteiger partial charge in [0.1, 0.15) is 23.9 Å². The van der Waals surface area contributed by atoms with E-state index in [1.54, 1.807) is 18.2 Å². The van der Waals surface area contributed by atoms with E-state index in [4.69, 9.17) is 4.74 Å². The predicted octanol–water partition coefficient (Wildman–Crippen LogP) is 6.96. The van der Waals surface area contributed by atoms with Gasteiger partial charge in [0.2, 0.25) is 0 Å². The van der Waals surface area contributed by atoms with Crippen LogP contribution in [0.3, 0.4) is 0 Å². The molecule has 0 amide bonds. The summed E-state index contributed by atoms with van der Waals surface area (Å²) in [6.45, 7) is 4.00.